The maximum Gasteiger partial charge on any atom is 0.214 e. The Morgan fingerprint density at radius 3 is 2.70 bits per heavy atom. The first kappa shape index (κ1) is 23.4. The molecule has 37 heavy (non-hydrogen) atoms. The standard InChI is InChI=1S/C29H26FN5O2/c1-19-4-5-25(30)24(15-19)26-16-22(21-3-2-7-32-29(21)34-26)23-17-28(33-27-18-31-8-6-20(23)27)37-14-11-35-9-12-36-13-10-35/h2-8,15-18H,9-14H2,1H3. The number of benzene rings is 1. The number of hydrogen-bond acceptors (Lipinski definition) is 7. The number of hydrogen-bond donors (Lipinski definition) is 0. The average molecular weight is 496 g/mol. The summed E-state index contributed by atoms with van der Waals surface area (Å²) in [6, 6.07) is 14.7. The van der Waals surface area contributed by atoms with Crippen LogP contribution in [0.1, 0.15) is 5.56 Å². The number of ether oxygens (including phenoxy) is 2. The first-order chi connectivity index (χ1) is 18.2. The molecule has 4 aromatic heterocycles. The van der Waals surface area contributed by atoms with Crippen LogP contribution in [0.4, 0.5) is 4.39 Å². The van der Waals surface area contributed by atoms with E-state index in [0.717, 1.165) is 65.8 Å². The summed E-state index contributed by atoms with van der Waals surface area (Å²) in [5, 5.41) is 1.78. The molecule has 1 fully saturated rings. The van der Waals surface area contributed by atoms with Crippen LogP contribution >= 0.6 is 0 Å². The molecule has 1 aliphatic heterocycles. The number of rotatable bonds is 6. The minimum Gasteiger partial charge on any atom is -0.476 e. The quantitative estimate of drug-likeness (QED) is 0.326. The van der Waals surface area contributed by atoms with Gasteiger partial charge in [0.1, 0.15) is 12.4 Å². The van der Waals surface area contributed by atoms with Gasteiger partial charge in [0, 0.05) is 54.4 Å². The number of pyridine rings is 4. The van der Waals surface area contributed by atoms with Crippen LogP contribution in [0.15, 0.2) is 67.1 Å². The van der Waals surface area contributed by atoms with Gasteiger partial charge in [0.2, 0.25) is 5.88 Å². The Bertz CT molecular complexity index is 1590. The molecule has 5 heterocycles. The summed E-state index contributed by atoms with van der Waals surface area (Å²) in [4.78, 5) is 20.5. The van der Waals surface area contributed by atoms with Gasteiger partial charge in [0.05, 0.1) is 30.6 Å². The molecule has 1 saturated heterocycles. The number of halogens is 1. The predicted molar refractivity (Wildman–Crippen MR) is 141 cm³/mol. The van der Waals surface area contributed by atoms with E-state index in [1.807, 2.05) is 43.3 Å². The topological polar surface area (TPSA) is 73.3 Å². The van der Waals surface area contributed by atoms with Crippen molar-refractivity contribution in [1.82, 2.24) is 24.8 Å². The molecule has 0 unspecified atom stereocenters. The third kappa shape index (κ3) is 4.85. The number of morpholine rings is 1. The van der Waals surface area contributed by atoms with Crippen LogP contribution in [0.2, 0.25) is 0 Å². The zero-order chi connectivity index (χ0) is 25.2. The second-order valence-electron chi connectivity index (χ2n) is 9.12. The fourth-order valence-corrected chi connectivity index (χ4v) is 4.71. The smallest absolute Gasteiger partial charge is 0.214 e. The number of nitrogens with zero attached hydrogens (tertiary/aromatic N) is 5. The van der Waals surface area contributed by atoms with E-state index in [-0.39, 0.29) is 5.82 Å². The highest BCUT2D eigenvalue weighted by Crippen LogP contribution is 2.37. The Labute approximate surface area is 213 Å². The van der Waals surface area contributed by atoms with Gasteiger partial charge in [-0.05, 0) is 54.4 Å². The van der Waals surface area contributed by atoms with E-state index in [1.54, 1.807) is 24.7 Å². The van der Waals surface area contributed by atoms with Crippen LogP contribution in [0.25, 0.3) is 44.3 Å². The normalized spacial score (nSPS) is 14.3. The summed E-state index contributed by atoms with van der Waals surface area (Å²) in [6.07, 6.45) is 5.18. The Morgan fingerprint density at radius 2 is 1.81 bits per heavy atom. The van der Waals surface area contributed by atoms with Gasteiger partial charge in [-0.2, -0.15) is 0 Å². The van der Waals surface area contributed by atoms with E-state index < -0.39 is 0 Å². The van der Waals surface area contributed by atoms with E-state index in [0.29, 0.717) is 29.4 Å². The molecule has 0 saturated carbocycles. The Kier molecular flexibility index (Phi) is 6.42. The highest BCUT2D eigenvalue weighted by Gasteiger charge is 2.17. The van der Waals surface area contributed by atoms with Gasteiger partial charge in [-0.1, -0.05) is 11.6 Å². The molecule has 1 aliphatic rings. The Morgan fingerprint density at radius 1 is 0.946 bits per heavy atom. The van der Waals surface area contributed by atoms with Crippen LogP contribution < -0.4 is 4.74 Å². The van der Waals surface area contributed by atoms with Crippen LogP contribution in [0.5, 0.6) is 5.88 Å². The fourth-order valence-electron chi connectivity index (χ4n) is 4.71. The van der Waals surface area contributed by atoms with Crippen LogP contribution in [-0.2, 0) is 4.74 Å². The molecule has 8 heteroatoms. The van der Waals surface area contributed by atoms with E-state index in [4.69, 9.17) is 19.4 Å². The summed E-state index contributed by atoms with van der Waals surface area (Å²) in [6.45, 7) is 6.54. The molecule has 5 aromatic rings. The number of fused-ring (bicyclic) bond motifs is 2. The molecular weight excluding hydrogens is 469 g/mol. The Hall–Kier alpha value is -4.01. The molecule has 0 atom stereocenters. The highest BCUT2D eigenvalue weighted by molar-refractivity contribution is 6.04. The van der Waals surface area contributed by atoms with Gasteiger partial charge in [-0.25, -0.2) is 19.3 Å². The van der Waals surface area contributed by atoms with Crippen LogP contribution in [0, 0.1) is 12.7 Å². The number of aromatic nitrogens is 4. The van der Waals surface area contributed by atoms with Crippen molar-refractivity contribution in [2.24, 2.45) is 0 Å². The third-order valence-corrected chi connectivity index (χ3v) is 6.62. The molecule has 1 aromatic carbocycles. The molecule has 0 radical (unpaired) electrons. The Balaban J connectivity index is 1.46. The van der Waals surface area contributed by atoms with Crippen molar-refractivity contribution in [3.05, 3.63) is 78.5 Å². The fraction of sp³-hybridized carbons (Fsp3) is 0.241. The van der Waals surface area contributed by atoms with Crippen molar-refractivity contribution in [3.8, 4) is 28.3 Å². The van der Waals surface area contributed by atoms with Crippen molar-refractivity contribution in [1.29, 1.82) is 0 Å². The SMILES string of the molecule is Cc1ccc(F)c(-c2cc(-c3cc(OCCN4CCOCC4)nc4cnccc34)c3cccnc3n2)c1. The molecule has 6 rings (SSSR count). The lowest BCUT2D eigenvalue weighted by Crippen LogP contribution is -2.38. The van der Waals surface area contributed by atoms with Gasteiger partial charge >= 0.3 is 0 Å². The molecule has 0 spiro atoms. The molecule has 0 N–H and O–H groups in total. The molecule has 0 amide bonds. The van der Waals surface area contributed by atoms with Gasteiger partial charge in [0.25, 0.3) is 0 Å². The van der Waals surface area contributed by atoms with Crippen LogP contribution in [-0.4, -0.2) is 64.3 Å². The van der Waals surface area contributed by atoms with Crippen molar-refractivity contribution >= 4 is 21.9 Å². The van der Waals surface area contributed by atoms with E-state index in [1.165, 1.54) is 6.07 Å². The van der Waals surface area contributed by atoms with E-state index >= 15 is 0 Å². The minimum absolute atomic E-state index is 0.324. The maximum absolute atomic E-state index is 14.9. The summed E-state index contributed by atoms with van der Waals surface area (Å²) < 4.78 is 26.4. The minimum atomic E-state index is -0.324. The van der Waals surface area contributed by atoms with Crippen molar-refractivity contribution in [2.45, 2.75) is 6.92 Å². The second kappa shape index (κ2) is 10.2. The molecule has 186 valence electrons. The zero-order valence-corrected chi connectivity index (χ0v) is 20.5. The van der Waals surface area contributed by atoms with E-state index in [9.17, 15) is 4.39 Å². The average Bonchev–Trinajstić information content (AvgIpc) is 2.94. The van der Waals surface area contributed by atoms with Gasteiger partial charge in [-0.15, -0.1) is 0 Å². The first-order valence-corrected chi connectivity index (χ1v) is 12.4. The summed E-state index contributed by atoms with van der Waals surface area (Å²) in [7, 11) is 0. The lowest BCUT2D eigenvalue weighted by Gasteiger charge is -2.26. The molecule has 7 nitrogen and oxygen atoms in total. The summed E-state index contributed by atoms with van der Waals surface area (Å²) in [5.74, 6) is 0.191. The lowest BCUT2D eigenvalue weighted by atomic mass is 9.97. The largest absolute Gasteiger partial charge is 0.476 e. The van der Waals surface area contributed by atoms with Crippen molar-refractivity contribution < 1.29 is 13.9 Å². The van der Waals surface area contributed by atoms with Gasteiger partial charge in [-0.3, -0.25) is 9.88 Å². The van der Waals surface area contributed by atoms with Crippen LogP contribution in [0.3, 0.4) is 0 Å². The monoisotopic (exact) mass is 495 g/mol. The maximum atomic E-state index is 14.9. The zero-order valence-electron chi connectivity index (χ0n) is 20.5. The predicted octanol–water partition coefficient (Wildman–Crippen LogP) is 5.07. The van der Waals surface area contributed by atoms with Gasteiger partial charge < -0.3 is 9.47 Å². The van der Waals surface area contributed by atoms with Crippen molar-refractivity contribution in [2.75, 3.05) is 39.5 Å². The lowest BCUT2D eigenvalue weighted by molar-refractivity contribution is 0.0320. The second-order valence-corrected chi connectivity index (χ2v) is 9.12. The molecular formula is C29H26FN5O2. The van der Waals surface area contributed by atoms with Crippen molar-refractivity contribution in [3.63, 3.8) is 0 Å². The third-order valence-electron chi connectivity index (χ3n) is 6.62. The van der Waals surface area contributed by atoms with E-state index in [2.05, 4.69) is 14.9 Å². The van der Waals surface area contributed by atoms with Gasteiger partial charge in [0.15, 0.2) is 5.65 Å². The highest BCUT2D eigenvalue weighted by atomic mass is 19.1. The molecule has 0 bridgehead atoms. The summed E-state index contributed by atoms with van der Waals surface area (Å²) >= 11 is 0. The summed E-state index contributed by atoms with van der Waals surface area (Å²) in [5.41, 5.74) is 4.97. The first-order valence-electron chi connectivity index (χ1n) is 12.4. The molecule has 0 aliphatic carbocycles. The number of aryl methyl sites for hydroxylation is 1.